The van der Waals surface area contributed by atoms with E-state index >= 15 is 0 Å². The van der Waals surface area contributed by atoms with E-state index in [1.165, 1.54) is 16.9 Å². The number of nitrogens with zero attached hydrogens (tertiary/aromatic N) is 4. The van der Waals surface area contributed by atoms with Crippen molar-refractivity contribution < 1.29 is 4.92 Å². The quantitative estimate of drug-likeness (QED) is 0.601. The number of nitrogen functional groups attached to an aromatic ring is 1. The van der Waals surface area contributed by atoms with Crippen LogP contribution in [0.3, 0.4) is 0 Å². The fourth-order valence-corrected chi connectivity index (χ4v) is 1.47. The lowest BCUT2D eigenvalue weighted by Gasteiger charge is -2.04. The largest absolute Gasteiger partial charge is 0.381 e. The van der Waals surface area contributed by atoms with Crippen LogP contribution in [0.4, 0.5) is 11.5 Å². The number of anilines is 1. The highest BCUT2D eigenvalue weighted by atomic mass is 16.6. The number of hydrogen-bond acceptors (Lipinski definition) is 5. The molecule has 16 heavy (non-hydrogen) atoms. The third-order valence-corrected chi connectivity index (χ3v) is 2.15. The van der Waals surface area contributed by atoms with Gasteiger partial charge in [0, 0.05) is 6.07 Å². The molecule has 0 saturated heterocycles. The first-order valence-electron chi connectivity index (χ1n) is 4.52. The molecule has 0 bridgehead atoms. The van der Waals surface area contributed by atoms with Gasteiger partial charge in [0.2, 0.25) is 0 Å². The number of aromatic nitrogens is 3. The van der Waals surface area contributed by atoms with E-state index in [9.17, 15) is 10.1 Å². The molecule has 0 unspecified atom stereocenters. The van der Waals surface area contributed by atoms with E-state index in [-0.39, 0.29) is 11.5 Å². The molecule has 0 saturated carbocycles. The lowest BCUT2D eigenvalue weighted by Crippen LogP contribution is -2.03. The Hall–Kier alpha value is -2.44. The normalized spacial score (nSPS) is 10.3. The van der Waals surface area contributed by atoms with Crippen molar-refractivity contribution in [2.45, 2.75) is 6.92 Å². The Kier molecular flexibility index (Phi) is 2.28. The first kappa shape index (κ1) is 10.1. The van der Waals surface area contributed by atoms with Crippen molar-refractivity contribution in [1.29, 1.82) is 0 Å². The van der Waals surface area contributed by atoms with Crippen LogP contribution in [0.25, 0.3) is 5.69 Å². The third-order valence-electron chi connectivity index (χ3n) is 2.15. The maximum absolute atomic E-state index is 10.9. The van der Waals surface area contributed by atoms with Crippen LogP contribution < -0.4 is 5.73 Å². The number of para-hydroxylation sites is 1. The van der Waals surface area contributed by atoms with Gasteiger partial charge in [0.15, 0.2) is 5.82 Å². The summed E-state index contributed by atoms with van der Waals surface area (Å²) in [7, 11) is 0. The van der Waals surface area contributed by atoms with Gasteiger partial charge in [-0.3, -0.25) is 10.1 Å². The number of nitro groups is 1. The first-order valence-corrected chi connectivity index (χ1v) is 4.52. The van der Waals surface area contributed by atoms with Crippen molar-refractivity contribution >= 4 is 11.5 Å². The van der Waals surface area contributed by atoms with Gasteiger partial charge in [-0.1, -0.05) is 17.3 Å². The molecule has 0 spiro atoms. The summed E-state index contributed by atoms with van der Waals surface area (Å²) in [5.74, 6) is 0.220. The second-order valence-electron chi connectivity index (χ2n) is 3.29. The molecule has 82 valence electrons. The van der Waals surface area contributed by atoms with Crippen LogP contribution in [0.15, 0.2) is 24.4 Å². The van der Waals surface area contributed by atoms with Crippen LogP contribution in [-0.4, -0.2) is 19.9 Å². The summed E-state index contributed by atoms with van der Waals surface area (Å²) in [5.41, 5.74) is 6.53. The van der Waals surface area contributed by atoms with Crippen LogP contribution in [0.2, 0.25) is 0 Å². The smallest absolute Gasteiger partial charge is 0.295 e. The highest BCUT2D eigenvalue weighted by Gasteiger charge is 2.18. The molecule has 0 aliphatic carbocycles. The number of benzene rings is 1. The molecule has 2 aromatic rings. The predicted molar refractivity (Wildman–Crippen MR) is 57.2 cm³/mol. The van der Waals surface area contributed by atoms with Crippen molar-refractivity contribution in [2.24, 2.45) is 0 Å². The third kappa shape index (κ3) is 1.58. The molecule has 1 heterocycles. The zero-order valence-electron chi connectivity index (χ0n) is 8.49. The van der Waals surface area contributed by atoms with Gasteiger partial charge in [0.1, 0.15) is 5.69 Å². The second-order valence-corrected chi connectivity index (χ2v) is 3.29. The van der Waals surface area contributed by atoms with Crippen LogP contribution in [0, 0.1) is 17.0 Å². The zero-order valence-corrected chi connectivity index (χ0v) is 8.49. The molecule has 2 rings (SSSR count). The van der Waals surface area contributed by atoms with Gasteiger partial charge < -0.3 is 5.73 Å². The zero-order chi connectivity index (χ0) is 11.7. The van der Waals surface area contributed by atoms with Gasteiger partial charge in [-0.05, 0) is 12.5 Å². The SMILES string of the molecule is Cc1cccc([N+](=O)[O-])c1-n1cc(N)nn1. The van der Waals surface area contributed by atoms with E-state index < -0.39 is 4.92 Å². The van der Waals surface area contributed by atoms with Crippen molar-refractivity contribution in [3.63, 3.8) is 0 Å². The fraction of sp³-hybridized carbons (Fsp3) is 0.111. The molecule has 0 aliphatic heterocycles. The molecular formula is C9H9N5O2. The van der Waals surface area contributed by atoms with Crippen molar-refractivity contribution in [2.75, 3.05) is 5.73 Å². The lowest BCUT2D eigenvalue weighted by atomic mass is 10.1. The summed E-state index contributed by atoms with van der Waals surface area (Å²) in [6.45, 7) is 1.76. The highest BCUT2D eigenvalue weighted by molar-refractivity contribution is 5.57. The van der Waals surface area contributed by atoms with E-state index in [0.717, 1.165) is 5.56 Å². The number of rotatable bonds is 2. The Balaban J connectivity index is 2.67. The van der Waals surface area contributed by atoms with Gasteiger partial charge in [-0.2, -0.15) is 0 Å². The molecule has 7 heteroatoms. The Bertz CT molecular complexity index is 549. The van der Waals surface area contributed by atoms with E-state index in [4.69, 9.17) is 5.73 Å². The number of nitro benzene ring substituents is 1. The molecule has 0 radical (unpaired) electrons. The monoisotopic (exact) mass is 219 g/mol. The predicted octanol–water partition coefficient (Wildman–Crippen LogP) is 1.07. The van der Waals surface area contributed by atoms with Crippen LogP contribution in [0.1, 0.15) is 5.56 Å². The number of hydrogen-bond donors (Lipinski definition) is 1. The lowest BCUT2D eigenvalue weighted by molar-refractivity contribution is -0.384. The van der Waals surface area contributed by atoms with Crippen LogP contribution in [-0.2, 0) is 0 Å². The summed E-state index contributed by atoms with van der Waals surface area (Å²) in [6.07, 6.45) is 1.44. The molecule has 0 fully saturated rings. The maximum atomic E-state index is 10.9. The van der Waals surface area contributed by atoms with E-state index in [2.05, 4.69) is 10.3 Å². The molecule has 0 amide bonds. The topological polar surface area (TPSA) is 99.9 Å². The molecule has 2 N–H and O–H groups in total. The van der Waals surface area contributed by atoms with Crippen LogP contribution >= 0.6 is 0 Å². The minimum Gasteiger partial charge on any atom is -0.381 e. The average Bonchev–Trinajstić information content (AvgIpc) is 2.64. The first-order chi connectivity index (χ1) is 7.59. The van der Waals surface area contributed by atoms with Gasteiger partial charge in [0.05, 0.1) is 11.1 Å². The summed E-state index contributed by atoms with van der Waals surface area (Å²) in [5, 5.41) is 18.2. The van der Waals surface area contributed by atoms with Crippen molar-refractivity contribution in [3.05, 3.63) is 40.1 Å². The van der Waals surface area contributed by atoms with E-state index in [1.54, 1.807) is 19.1 Å². The summed E-state index contributed by atoms with van der Waals surface area (Å²) >= 11 is 0. The van der Waals surface area contributed by atoms with Gasteiger partial charge >= 0.3 is 0 Å². The number of aryl methyl sites for hydroxylation is 1. The van der Waals surface area contributed by atoms with Crippen LogP contribution in [0.5, 0.6) is 0 Å². The van der Waals surface area contributed by atoms with Gasteiger partial charge in [-0.25, -0.2) is 4.68 Å². The Morgan fingerprint density at radius 1 is 1.50 bits per heavy atom. The van der Waals surface area contributed by atoms with Crippen molar-refractivity contribution in [1.82, 2.24) is 15.0 Å². The maximum Gasteiger partial charge on any atom is 0.295 e. The van der Waals surface area contributed by atoms with E-state index in [0.29, 0.717) is 5.69 Å². The number of nitrogens with two attached hydrogens (primary N) is 1. The Morgan fingerprint density at radius 3 is 2.81 bits per heavy atom. The summed E-state index contributed by atoms with van der Waals surface area (Å²) < 4.78 is 1.31. The fourth-order valence-electron chi connectivity index (χ4n) is 1.47. The molecule has 1 aromatic carbocycles. The Morgan fingerprint density at radius 2 is 2.25 bits per heavy atom. The summed E-state index contributed by atoms with van der Waals surface area (Å²) in [6, 6.07) is 4.80. The van der Waals surface area contributed by atoms with Crippen molar-refractivity contribution in [3.8, 4) is 5.69 Å². The minimum atomic E-state index is -0.458. The highest BCUT2D eigenvalue weighted by Crippen LogP contribution is 2.25. The minimum absolute atomic E-state index is 0.0232. The molecule has 7 nitrogen and oxygen atoms in total. The Labute approximate surface area is 90.6 Å². The molecule has 0 aliphatic rings. The molecule has 0 atom stereocenters. The molecular weight excluding hydrogens is 210 g/mol. The standard InChI is InChI=1S/C9H9N5O2/c1-6-3-2-4-7(14(15)16)9(6)13-5-8(10)11-12-13/h2-5H,10H2,1H3. The van der Waals surface area contributed by atoms with E-state index in [1.807, 2.05) is 0 Å². The summed E-state index contributed by atoms with van der Waals surface area (Å²) in [4.78, 5) is 10.4. The average molecular weight is 219 g/mol. The van der Waals surface area contributed by atoms with Gasteiger partial charge in [-0.15, -0.1) is 5.10 Å². The second kappa shape index (κ2) is 3.61. The van der Waals surface area contributed by atoms with Gasteiger partial charge in [0.25, 0.3) is 5.69 Å². The molecule has 1 aromatic heterocycles.